The number of hydrogen-bond donors (Lipinski definition) is 2. The summed E-state index contributed by atoms with van der Waals surface area (Å²) >= 11 is 0. The lowest BCUT2D eigenvalue weighted by molar-refractivity contribution is 0.560. The number of sulfonamides is 1. The van der Waals surface area contributed by atoms with Crippen molar-refractivity contribution in [3.63, 3.8) is 0 Å². The molecule has 1 fully saturated rings. The molecule has 15 heavy (non-hydrogen) atoms. The molecule has 2 N–H and O–H groups in total. The van der Waals surface area contributed by atoms with Gasteiger partial charge in [0.2, 0.25) is 10.0 Å². The third-order valence-corrected chi connectivity index (χ3v) is 3.97. The van der Waals surface area contributed by atoms with E-state index in [4.69, 9.17) is 0 Å². The van der Waals surface area contributed by atoms with Crippen LogP contribution in [0.5, 0.6) is 0 Å². The molecule has 0 radical (unpaired) electrons. The molecule has 1 aromatic carbocycles. The maximum Gasteiger partial charge on any atom is 0.240 e. The Morgan fingerprint density at radius 1 is 1.27 bits per heavy atom. The van der Waals surface area contributed by atoms with E-state index in [-0.39, 0.29) is 6.04 Å². The van der Waals surface area contributed by atoms with Crippen LogP contribution in [0.1, 0.15) is 6.42 Å². The van der Waals surface area contributed by atoms with Crippen LogP contribution >= 0.6 is 0 Å². The molecule has 1 aromatic rings. The number of nitrogens with one attached hydrogen (secondary N) is 2. The van der Waals surface area contributed by atoms with Crippen LogP contribution in [0, 0.1) is 0 Å². The standard InChI is InChI=1S/C10H14N2O2S/c13-15(14,10-4-2-1-3-5-10)12-9-6-7-11-8-9/h1-5,9,11-12H,6-8H2/t9-/m0/s1. The lowest BCUT2D eigenvalue weighted by Crippen LogP contribution is -2.36. The van der Waals surface area contributed by atoms with E-state index in [1.807, 2.05) is 0 Å². The molecule has 1 atom stereocenters. The molecule has 4 nitrogen and oxygen atoms in total. The van der Waals surface area contributed by atoms with Crippen LogP contribution in [0.4, 0.5) is 0 Å². The van der Waals surface area contributed by atoms with Crippen LogP contribution in [0.2, 0.25) is 0 Å². The summed E-state index contributed by atoms with van der Waals surface area (Å²) < 4.78 is 26.4. The summed E-state index contributed by atoms with van der Waals surface area (Å²) in [6, 6.07) is 8.48. The van der Waals surface area contributed by atoms with Gasteiger partial charge < -0.3 is 5.32 Å². The Balaban J connectivity index is 2.13. The van der Waals surface area contributed by atoms with Gasteiger partial charge in [0.1, 0.15) is 0 Å². The Hall–Kier alpha value is -0.910. The Morgan fingerprint density at radius 3 is 2.60 bits per heavy atom. The van der Waals surface area contributed by atoms with Crippen molar-refractivity contribution in [3.8, 4) is 0 Å². The summed E-state index contributed by atoms with van der Waals surface area (Å²) in [5, 5.41) is 3.12. The Morgan fingerprint density at radius 2 is 2.00 bits per heavy atom. The van der Waals surface area contributed by atoms with Gasteiger partial charge in [-0.1, -0.05) is 18.2 Å². The molecule has 82 valence electrons. The number of benzene rings is 1. The Labute approximate surface area is 89.7 Å². The van der Waals surface area contributed by atoms with Gasteiger partial charge in [0.05, 0.1) is 4.90 Å². The van der Waals surface area contributed by atoms with Gasteiger partial charge in [0.25, 0.3) is 0 Å². The molecule has 1 aliphatic heterocycles. The number of rotatable bonds is 3. The highest BCUT2D eigenvalue weighted by Crippen LogP contribution is 2.09. The lowest BCUT2D eigenvalue weighted by Gasteiger charge is -2.11. The minimum atomic E-state index is -3.33. The largest absolute Gasteiger partial charge is 0.315 e. The topological polar surface area (TPSA) is 58.2 Å². The van der Waals surface area contributed by atoms with Crippen LogP contribution in [-0.4, -0.2) is 27.5 Å². The average Bonchev–Trinajstić information content (AvgIpc) is 2.71. The first-order valence-electron chi connectivity index (χ1n) is 4.96. The smallest absolute Gasteiger partial charge is 0.240 e. The van der Waals surface area contributed by atoms with Crippen molar-refractivity contribution < 1.29 is 8.42 Å². The predicted molar refractivity (Wildman–Crippen MR) is 58.0 cm³/mol. The van der Waals surface area contributed by atoms with Gasteiger partial charge in [-0.2, -0.15) is 0 Å². The van der Waals surface area contributed by atoms with E-state index < -0.39 is 10.0 Å². The van der Waals surface area contributed by atoms with E-state index in [9.17, 15) is 8.42 Å². The lowest BCUT2D eigenvalue weighted by atomic mass is 10.3. The Kier molecular flexibility index (Phi) is 3.04. The molecule has 1 heterocycles. The summed E-state index contributed by atoms with van der Waals surface area (Å²) in [6.45, 7) is 1.59. The van der Waals surface area contributed by atoms with Gasteiger partial charge in [0, 0.05) is 12.6 Å². The minimum absolute atomic E-state index is 0.0233. The molecule has 1 aliphatic rings. The van der Waals surface area contributed by atoms with Gasteiger partial charge in [-0.25, -0.2) is 13.1 Å². The van der Waals surface area contributed by atoms with Gasteiger partial charge in [-0.3, -0.25) is 0 Å². The third-order valence-electron chi connectivity index (χ3n) is 2.44. The van der Waals surface area contributed by atoms with Gasteiger partial charge in [-0.15, -0.1) is 0 Å². The van der Waals surface area contributed by atoms with Crippen molar-refractivity contribution in [2.24, 2.45) is 0 Å². The normalized spacial score (nSPS) is 21.7. The van der Waals surface area contributed by atoms with Gasteiger partial charge in [0.15, 0.2) is 0 Å². The summed E-state index contributed by atoms with van der Waals surface area (Å²) in [7, 11) is -3.33. The molecular weight excluding hydrogens is 212 g/mol. The van der Waals surface area contributed by atoms with E-state index in [0.29, 0.717) is 11.4 Å². The second-order valence-electron chi connectivity index (χ2n) is 3.62. The van der Waals surface area contributed by atoms with Crippen molar-refractivity contribution >= 4 is 10.0 Å². The highest BCUT2D eigenvalue weighted by Gasteiger charge is 2.21. The summed E-state index contributed by atoms with van der Waals surface area (Å²) in [5.41, 5.74) is 0. The van der Waals surface area contributed by atoms with Crippen molar-refractivity contribution in [1.29, 1.82) is 0 Å². The third kappa shape index (κ3) is 2.56. The molecule has 1 saturated heterocycles. The van der Waals surface area contributed by atoms with Crippen LogP contribution < -0.4 is 10.0 Å². The second kappa shape index (κ2) is 4.30. The first-order valence-corrected chi connectivity index (χ1v) is 6.45. The van der Waals surface area contributed by atoms with Gasteiger partial charge >= 0.3 is 0 Å². The SMILES string of the molecule is O=S(=O)(N[C@H]1CCNC1)c1ccccc1. The molecule has 0 aromatic heterocycles. The van der Waals surface area contributed by atoms with Crippen molar-refractivity contribution in [3.05, 3.63) is 30.3 Å². The van der Waals surface area contributed by atoms with E-state index in [2.05, 4.69) is 10.0 Å². The summed E-state index contributed by atoms with van der Waals surface area (Å²) in [5.74, 6) is 0. The molecule has 5 heteroatoms. The molecule has 0 spiro atoms. The summed E-state index contributed by atoms with van der Waals surface area (Å²) in [6.07, 6.45) is 0.853. The fourth-order valence-electron chi connectivity index (χ4n) is 1.64. The first kappa shape index (κ1) is 10.6. The zero-order chi connectivity index (χ0) is 10.7. The molecule has 0 aliphatic carbocycles. The average molecular weight is 226 g/mol. The zero-order valence-electron chi connectivity index (χ0n) is 8.31. The highest BCUT2D eigenvalue weighted by atomic mass is 32.2. The second-order valence-corrected chi connectivity index (χ2v) is 5.34. The van der Waals surface area contributed by atoms with Crippen molar-refractivity contribution in [2.75, 3.05) is 13.1 Å². The van der Waals surface area contributed by atoms with Crippen LogP contribution in [-0.2, 0) is 10.0 Å². The van der Waals surface area contributed by atoms with E-state index in [1.165, 1.54) is 0 Å². The van der Waals surface area contributed by atoms with Crippen molar-refractivity contribution in [2.45, 2.75) is 17.4 Å². The molecular formula is C10H14N2O2S. The maximum absolute atomic E-state index is 11.8. The first-order chi connectivity index (χ1) is 7.18. The predicted octanol–water partition coefficient (Wildman–Crippen LogP) is 0.327. The maximum atomic E-state index is 11.8. The van der Waals surface area contributed by atoms with Crippen molar-refractivity contribution in [1.82, 2.24) is 10.0 Å². The highest BCUT2D eigenvalue weighted by molar-refractivity contribution is 7.89. The molecule has 0 amide bonds. The summed E-state index contributed by atoms with van der Waals surface area (Å²) in [4.78, 5) is 0.330. The number of hydrogen-bond acceptors (Lipinski definition) is 3. The monoisotopic (exact) mass is 226 g/mol. The fourth-order valence-corrected chi connectivity index (χ4v) is 2.93. The van der Waals surface area contributed by atoms with Gasteiger partial charge in [-0.05, 0) is 25.1 Å². The Bertz CT molecular complexity index is 410. The quantitative estimate of drug-likeness (QED) is 0.780. The molecule has 2 rings (SSSR count). The van der Waals surface area contributed by atoms with E-state index in [0.717, 1.165) is 13.0 Å². The zero-order valence-corrected chi connectivity index (χ0v) is 9.13. The fraction of sp³-hybridized carbons (Fsp3) is 0.400. The minimum Gasteiger partial charge on any atom is -0.315 e. The van der Waals surface area contributed by atoms with E-state index >= 15 is 0 Å². The van der Waals surface area contributed by atoms with Crippen LogP contribution in [0.3, 0.4) is 0 Å². The van der Waals surface area contributed by atoms with E-state index in [1.54, 1.807) is 30.3 Å². The molecule has 0 bridgehead atoms. The molecule has 0 saturated carbocycles. The van der Waals surface area contributed by atoms with Crippen LogP contribution in [0.25, 0.3) is 0 Å². The molecule has 0 unspecified atom stereocenters. The van der Waals surface area contributed by atoms with Crippen LogP contribution in [0.15, 0.2) is 35.2 Å².